The van der Waals surface area contributed by atoms with Crippen molar-refractivity contribution in [2.24, 2.45) is 5.92 Å². The summed E-state index contributed by atoms with van der Waals surface area (Å²) in [6.07, 6.45) is 2.84. The molecule has 0 saturated heterocycles. The predicted molar refractivity (Wildman–Crippen MR) is 84.0 cm³/mol. The zero-order valence-corrected chi connectivity index (χ0v) is 12.8. The molecule has 1 saturated carbocycles. The fourth-order valence-electron chi connectivity index (χ4n) is 3.42. The molecule has 0 aromatic heterocycles. The summed E-state index contributed by atoms with van der Waals surface area (Å²) in [6.45, 7) is -0.00984. The van der Waals surface area contributed by atoms with Crippen LogP contribution < -0.4 is 10.2 Å². The van der Waals surface area contributed by atoms with Crippen LogP contribution in [-0.4, -0.2) is 35.5 Å². The first-order chi connectivity index (χ1) is 11.0. The van der Waals surface area contributed by atoms with E-state index in [1.165, 1.54) is 4.90 Å². The first kappa shape index (κ1) is 15.5. The quantitative estimate of drug-likeness (QED) is 0.877. The van der Waals surface area contributed by atoms with Crippen LogP contribution in [0.1, 0.15) is 31.2 Å². The average molecular weight is 316 g/mol. The summed E-state index contributed by atoms with van der Waals surface area (Å²) in [7, 11) is 0. The van der Waals surface area contributed by atoms with Crippen molar-refractivity contribution in [3.63, 3.8) is 0 Å². The number of amides is 2. The summed E-state index contributed by atoms with van der Waals surface area (Å²) in [5.74, 6) is -1.46. The number of nitrogens with zero attached hydrogens (tertiary/aromatic N) is 1. The van der Waals surface area contributed by atoms with Crippen molar-refractivity contribution in [2.45, 2.75) is 38.1 Å². The van der Waals surface area contributed by atoms with Crippen LogP contribution in [0.2, 0.25) is 0 Å². The number of carboxylic acids is 1. The maximum Gasteiger partial charge on any atom is 0.306 e. The Morgan fingerprint density at radius 3 is 2.74 bits per heavy atom. The summed E-state index contributed by atoms with van der Waals surface area (Å²) in [5.41, 5.74) is 1.88. The maximum absolute atomic E-state index is 12.2. The van der Waals surface area contributed by atoms with Crippen LogP contribution in [0.3, 0.4) is 0 Å². The normalized spacial score (nSPS) is 23.5. The molecular formula is C17H20N2O4. The van der Waals surface area contributed by atoms with E-state index in [1.807, 2.05) is 24.3 Å². The molecule has 1 aromatic carbocycles. The Bertz CT molecular complexity index is 643. The smallest absolute Gasteiger partial charge is 0.306 e. The zero-order chi connectivity index (χ0) is 16.4. The van der Waals surface area contributed by atoms with Gasteiger partial charge in [-0.1, -0.05) is 18.2 Å². The molecular weight excluding hydrogens is 296 g/mol. The minimum absolute atomic E-state index is 0.00984. The third-order valence-corrected chi connectivity index (χ3v) is 4.64. The molecule has 1 fully saturated rings. The number of nitrogens with one attached hydrogen (secondary N) is 1. The highest BCUT2D eigenvalue weighted by molar-refractivity contribution is 6.01. The van der Waals surface area contributed by atoms with E-state index in [0.717, 1.165) is 11.3 Å². The third kappa shape index (κ3) is 3.36. The molecule has 2 atom stereocenters. The van der Waals surface area contributed by atoms with Gasteiger partial charge >= 0.3 is 5.97 Å². The van der Waals surface area contributed by atoms with Crippen LogP contribution in [0.5, 0.6) is 0 Å². The van der Waals surface area contributed by atoms with Gasteiger partial charge in [-0.2, -0.15) is 0 Å². The number of carbonyl (C=O) groups excluding carboxylic acids is 2. The maximum atomic E-state index is 12.2. The summed E-state index contributed by atoms with van der Waals surface area (Å²) in [5, 5.41) is 11.9. The van der Waals surface area contributed by atoms with Crippen LogP contribution in [0.25, 0.3) is 0 Å². The predicted octanol–water partition coefficient (Wildman–Crippen LogP) is 1.34. The van der Waals surface area contributed by atoms with Gasteiger partial charge in [0.25, 0.3) is 0 Å². The van der Waals surface area contributed by atoms with Crippen molar-refractivity contribution in [1.29, 1.82) is 0 Å². The number of hydrogen-bond donors (Lipinski definition) is 2. The molecule has 1 heterocycles. The SMILES string of the molecule is O=C(CN1C(=O)CCc2ccccc21)N[C@H]1CC[C@@H](C(=O)O)C1. The number of carboxylic acid groups (broad SMARTS) is 1. The van der Waals surface area contributed by atoms with E-state index in [-0.39, 0.29) is 30.3 Å². The molecule has 2 aliphatic rings. The van der Waals surface area contributed by atoms with Crippen molar-refractivity contribution >= 4 is 23.5 Å². The molecule has 6 heteroatoms. The van der Waals surface area contributed by atoms with Gasteiger partial charge in [0, 0.05) is 18.2 Å². The topological polar surface area (TPSA) is 86.7 Å². The number of fused-ring (bicyclic) bond motifs is 1. The highest BCUT2D eigenvalue weighted by Crippen LogP contribution is 2.28. The number of hydrogen-bond acceptors (Lipinski definition) is 3. The van der Waals surface area contributed by atoms with E-state index in [0.29, 0.717) is 32.1 Å². The Hall–Kier alpha value is -2.37. The second kappa shape index (κ2) is 6.40. The van der Waals surface area contributed by atoms with Gasteiger partial charge in [-0.05, 0) is 37.3 Å². The van der Waals surface area contributed by atoms with E-state index in [2.05, 4.69) is 5.32 Å². The molecule has 2 amide bonds. The van der Waals surface area contributed by atoms with Gasteiger partial charge in [0.2, 0.25) is 11.8 Å². The summed E-state index contributed by atoms with van der Waals surface area (Å²) in [4.78, 5) is 36.9. The molecule has 0 radical (unpaired) electrons. The Morgan fingerprint density at radius 2 is 2.00 bits per heavy atom. The van der Waals surface area contributed by atoms with Crippen LogP contribution >= 0.6 is 0 Å². The van der Waals surface area contributed by atoms with Gasteiger partial charge in [0.15, 0.2) is 0 Å². The molecule has 122 valence electrons. The number of carbonyl (C=O) groups is 3. The molecule has 23 heavy (non-hydrogen) atoms. The Balaban J connectivity index is 1.62. The lowest BCUT2D eigenvalue weighted by Gasteiger charge is -2.29. The van der Waals surface area contributed by atoms with Crippen LogP contribution in [0, 0.1) is 5.92 Å². The molecule has 1 aromatic rings. The Kier molecular flexibility index (Phi) is 4.32. The van der Waals surface area contributed by atoms with Gasteiger partial charge in [-0.15, -0.1) is 0 Å². The zero-order valence-electron chi connectivity index (χ0n) is 12.8. The van der Waals surface area contributed by atoms with Gasteiger partial charge in [-0.3, -0.25) is 14.4 Å². The second-order valence-electron chi connectivity index (χ2n) is 6.22. The van der Waals surface area contributed by atoms with Gasteiger partial charge < -0.3 is 15.3 Å². The van der Waals surface area contributed by atoms with Crippen molar-refractivity contribution in [2.75, 3.05) is 11.4 Å². The standard InChI is InChI=1S/C17H20N2O4/c20-15(18-13-7-5-12(9-13)17(22)23)10-19-14-4-2-1-3-11(14)6-8-16(19)21/h1-4,12-13H,5-10H2,(H,18,20)(H,22,23)/t12-,13+/m1/s1. The van der Waals surface area contributed by atoms with Crippen LogP contribution in [0.4, 0.5) is 5.69 Å². The monoisotopic (exact) mass is 316 g/mol. The Labute approximate surface area is 134 Å². The highest BCUT2D eigenvalue weighted by atomic mass is 16.4. The lowest BCUT2D eigenvalue weighted by molar-refractivity contribution is -0.141. The van der Waals surface area contributed by atoms with E-state index < -0.39 is 5.97 Å². The second-order valence-corrected chi connectivity index (χ2v) is 6.22. The molecule has 2 N–H and O–H groups in total. The third-order valence-electron chi connectivity index (χ3n) is 4.64. The fourth-order valence-corrected chi connectivity index (χ4v) is 3.42. The summed E-state index contributed by atoms with van der Waals surface area (Å²) < 4.78 is 0. The number of para-hydroxylation sites is 1. The van der Waals surface area contributed by atoms with Crippen molar-refractivity contribution < 1.29 is 19.5 Å². The number of benzene rings is 1. The van der Waals surface area contributed by atoms with Gasteiger partial charge in [0.05, 0.1) is 5.92 Å². The minimum atomic E-state index is -0.804. The van der Waals surface area contributed by atoms with E-state index in [9.17, 15) is 14.4 Å². The minimum Gasteiger partial charge on any atom is -0.481 e. The molecule has 1 aliphatic carbocycles. The van der Waals surface area contributed by atoms with Gasteiger partial charge in [-0.25, -0.2) is 0 Å². The van der Waals surface area contributed by atoms with E-state index in [1.54, 1.807) is 0 Å². The lowest BCUT2D eigenvalue weighted by atomic mass is 10.0. The van der Waals surface area contributed by atoms with Crippen LogP contribution in [0.15, 0.2) is 24.3 Å². The average Bonchev–Trinajstić information content (AvgIpc) is 2.99. The molecule has 0 unspecified atom stereocenters. The summed E-state index contributed by atoms with van der Waals surface area (Å²) >= 11 is 0. The number of rotatable bonds is 4. The highest BCUT2D eigenvalue weighted by Gasteiger charge is 2.31. The van der Waals surface area contributed by atoms with Crippen molar-refractivity contribution in [3.8, 4) is 0 Å². The molecule has 0 spiro atoms. The Morgan fingerprint density at radius 1 is 1.22 bits per heavy atom. The molecule has 0 bridgehead atoms. The molecule has 6 nitrogen and oxygen atoms in total. The van der Waals surface area contributed by atoms with Crippen molar-refractivity contribution in [1.82, 2.24) is 5.32 Å². The van der Waals surface area contributed by atoms with Gasteiger partial charge in [0.1, 0.15) is 6.54 Å². The van der Waals surface area contributed by atoms with Crippen molar-refractivity contribution in [3.05, 3.63) is 29.8 Å². The molecule has 1 aliphatic heterocycles. The lowest BCUT2D eigenvalue weighted by Crippen LogP contribution is -2.45. The van der Waals surface area contributed by atoms with Crippen LogP contribution in [-0.2, 0) is 20.8 Å². The first-order valence-corrected chi connectivity index (χ1v) is 7.95. The number of anilines is 1. The number of aryl methyl sites for hydroxylation is 1. The molecule has 3 rings (SSSR count). The largest absolute Gasteiger partial charge is 0.481 e. The fraction of sp³-hybridized carbons (Fsp3) is 0.471. The first-order valence-electron chi connectivity index (χ1n) is 7.95. The summed E-state index contributed by atoms with van der Waals surface area (Å²) in [6, 6.07) is 7.50. The van der Waals surface area contributed by atoms with E-state index in [4.69, 9.17) is 5.11 Å². The number of aliphatic carboxylic acids is 1. The van der Waals surface area contributed by atoms with E-state index >= 15 is 0 Å².